The lowest BCUT2D eigenvalue weighted by Gasteiger charge is -2.15. The maximum absolute atomic E-state index is 14.0. The molecule has 0 saturated heterocycles. The van der Waals surface area contributed by atoms with Gasteiger partial charge in [0.15, 0.2) is 0 Å². The fourth-order valence-electron chi connectivity index (χ4n) is 1.91. The minimum Gasteiger partial charge on any atom is -0.496 e. The largest absolute Gasteiger partial charge is 0.496 e. The quantitative estimate of drug-likeness (QED) is 0.738. The summed E-state index contributed by atoms with van der Waals surface area (Å²) in [7, 11) is 1.50. The molecule has 0 fully saturated rings. The Hall–Kier alpha value is -1.42. The third kappa shape index (κ3) is 2.95. The van der Waals surface area contributed by atoms with Gasteiger partial charge in [0, 0.05) is 11.1 Å². The van der Waals surface area contributed by atoms with Crippen LogP contribution in [0.3, 0.4) is 0 Å². The Morgan fingerprint density at radius 2 is 1.79 bits per heavy atom. The molecule has 0 spiro atoms. The predicted molar refractivity (Wildman–Crippen MR) is 74.9 cm³/mol. The van der Waals surface area contributed by atoms with E-state index in [4.69, 9.17) is 4.74 Å². The molecule has 1 atom stereocenters. The van der Waals surface area contributed by atoms with Crippen LogP contribution in [0.1, 0.15) is 21.5 Å². The number of aryl methyl sites for hydroxylation is 1. The Bertz CT molecular complexity index is 599. The normalized spacial score (nSPS) is 12.3. The van der Waals surface area contributed by atoms with Gasteiger partial charge in [-0.15, -0.1) is 0 Å². The van der Waals surface area contributed by atoms with Crippen molar-refractivity contribution in [2.24, 2.45) is 0 Å². The molecule has 0 amide bonds. The molecule has 0 heterocycles. The molecule has 2 aromatic rings. The van der Waals surface area contributed by atoms with Gasteiger partial charge >= 0.3 is 0 Å². The summed E-state index contributed by atoms with van der Waals surface area (Å²) >= 11 is 3.41. The van der Waals surface area contributed by atoms with Crippen LogP contribution in [0.25, 0.3) is 0 Å². The van der Waals surface area contributed by atoms with Crippen molar-refractivity contribution in [1.82, 2.24) is 0 Å². The van der Waals surface area contributed by atoms with Crippen molar-refractivity contribution in [3.8, 4) is 5.75 Å². The van der Waals surface area contributed by atoms with E-state index in [0.29, 0.717) is 16.9 Å². The summed E-state index contributed by atoms with van der Waals surface area (Å²) in [6, 6.07) is 9.15. The van der Waals surface area contributed by atoms with Crippen molar-refractivity contribution >= 4 is 15.9 Å². The lowest BCUT2D eigenvalue weighted by molar-refractivity contribution is 0.409. The zero-order chi connectivity index (χ0) is 14.0. The lowest BCUT2D eigenvalue weighted by Crippen LogP contribution is -2.00. The SMILES string of the molecule is COc1ccc(F)cc1C(Br)c1ccc(C)cc1F. The molecule has 4 heteroatoms. The summed E-state index contributed by atoms with van der Waals surface area (Å²) in [4.78, 5) is -0.459. The van der Waals surface area contributed by atoms with E-state index in [1.165, 1.54) is 31.4 Å². The minimum absolute atomic E-state index is 0.326. The molecule has 0 saturated carbocycles. The predicted octanol–water partition coefficient (Wildman–Crippen LogP) is 4.77. The Morgan fingerprint density at radius 3 is 2.42 bits per heavy atom. The average molecular weight is 327 g/mol. The molecular weight excluding hydrogens is 314 g/mol. The van der Waals surface area contributed by atoms with Crippen molar-refractivity contribution in [1.29, 1.82) is 0 Å². The maximum Gasteiger partial charge on any atom is 0.128 e. The molecule has 1 unspecified atom stereocenters. The molecule has 2 aromatic carbocycles. The number of alkyl halides is 1. The van der Waals surface area contributed by atoms with Crippen molar-refractivity contribution in [3.05, 3.63) is 64.7 Å². The zero-order valence-electron chi connectivity index (χ0n) is 10.6. The van der Waals surface area contributed by atoms with Crippen LogP contribution in [0.4, 0.5) is 8.78 Å². The number of ether oxygens (including phenoxy) is 1. The van der Waals surface area contributed by atoms with Gasteiger partial charge in [-0.1, -0.05) is 28.1 Å². The summed E-state index contributed by atoms with van der Waals surface area (Å²) in [6.45, 7) is 1.82. The van der Waals surface area contributed by atoms with Gasteiger partial charge in [0.05, 0.1) is 11.9 Å². The van der Waals surface area contributed by atoms with E-state index in [1.54, 1.807) is 6.07 Å². The second-order valence-electron chi connectivity index (χ2n) is 4.27. The van der Waals surface area contributed by atoms with Gasteiger partial charge in [-0.05, 0) is 36.8 Å². The summed E-state index contributed by atoms with van der Waals surface area (Å²) in [5, 5.41) is 0. The lowest BCUT2D eigenvalue weighted by atomic mass is 10.0. The molecule has 1 nitrogen and oxygen atoms in total. The summed E-state index contributed by atoms with van der Waals surface area (Å²) in [6.07, 6.45) is 0. The van der Waals surface area contributed by atoms with Crippen LogP contribution in [0.2, 0.25) is 0 Å². The van der Waals surface area contributed by atoms with Crippen molar-refractivity contribution < 1.29 is 13.5 Å². The van der Waals surface area contributed by atoms with E-state index in [2.05, 4.69) is 15.9 Å². The molecule has 0 aliphatic rings. The van der Waals surface area contributed by atoms with Crippen LogP contribution in [0.5, 0.6) is 5.75 Å². The Balaban J connectivity index is 2.49. The molecule has 0 radical (unpaired) electrons. The molecule has 0 N–H and O–H groups in total. The second kappa shape index (κ2) is 5.70. The van der Waals surface area contributed by atoms with Gasteiger partial charge in [0.1, 0.15) is 17.4 Å². The van der Waals surface area contributed by atoms with E-state index < -0.39 is 4.83 Å². The van der Waals surface area contributed by atoms with Gasteiger partial charge in [0.2, 0.25) is 0 Å². The van der Waals surface area contributed by atoms with E-state index in [-0.39, 0.29) is 11.6 Å². The number of hydrogen-bond donors (Lipinski definition) is 0. The molecule has 0 aliphatic heterocycles. The van der Waals surface area contributed by atoms with E-state index >= 15 is 0 Å². The first-order valence-electron chi connectivity index (χ1n) is 5.76. The Morgan fingerprint density at radius 1 is 1.05 bits per heavy atom. The van der Waals surface area contributed by atoms with Crippen molar-refractivity contribution in [2.45, 2.75) is 11.8 Å². The van der Waals surface area contributed by atoms with Crippen LogP contribution in [0.15, 0.2) is 36.4 Å². The highest BCUT2D eigenvalue weighted by atomic mass is 79.9. The Labute approximate surface area is 119 Å². The van der Waals surface area contributed by atoms with Gasteiger partial charge in [0.25, 0.3) is 0 Å². The van der Waals surface area contributed by atoms with Gasteiger partial charge < -0.3 is 4.74 Å². The minimum atomic E-state index is -0.459. The summed E-state index contributed by atoms with van der Waals surface area (Å²) in [5.74, 6) is -0.191. The molecule has 19 heavy (non-hydrogen) atoms. The Kier molecular flexibility index (Phi) is 4.20. The van der Waals surface area contributed by atoms with E-state index in [0.717, 1.165) is 5.56 Å². The van der Waals surface area contributed by atoms with Crippen LogP contribution >= 0.6 is 15.9 Å². The number of hydrogen-bond acceptors (Lipinski definition) is 1. The van der Waals surface area contributed by atoms with Crippen LogP contribution in [-0.2, 0) is 0 Å². The third-order valence-corrected chi connectivity index (χ3v) is 3.88. The third-order valence-electron chi connectivity index (χ3n) is 2.89. The number of benzene rings is 2. The first-order valence-corrected chi connectivity index (χ1v) is 6.68. The van der Waals surface area contributed by atoms with Gasteiger partial charge in [-0.2, -0.15) is 0 Å². The van der Waals surface area contributed by atoms with Crippen molar-refractivity contribution in [2.75, 3.05) is 7.11 Å². The summed E-state index contributed by atoms with van der Waals surface area (Å²) < 4.78 is 32.5. The highest BCUT2D eigenvalue weighted by molar-refractivity contribution is 9.09. The highest BCUT2D eigenvalue weighted by Crippen LogP contribution is 2.38. The number of methoxy groups -OCH3 is 1. The molecule has 0 aromatic heterocycles. The summed E-state index contributed by atoms with van der Waals surface area (Å²) in [5.41, 5.74) is 1.85. The second-order valence-corrected chi connectivity index (χ2v) is 5.19. The van der Waals surface area contributed by atoms with Crippen LogP contribution in [-0.4, -0.2) is 7.11 Å². The fourth-order valence-corrected chi connectivity index (χ4v) is 2.64. The fraction of sp³-hybridized carbons (Fsp3) is 0.200. The first-order chi connectivity index (χ1) is 9.02. The number of halogens is 3. The maximum atomic E-state index is 14.0. The van der Waals surface area contributed by atoms with Crippen LogP contribution < -0.4 is 4.74 Å². The molecule has 100 valence electrons. The van der Waals surface area contributed by atoms with Crippen LogP contribution in [0, 0.1) is 18.6 Å². The highest BCUT2D eigenvalue weighted by Gasteiger charge is 2.19. The monoisotopic (exact) mass is 326 g/mol. The van der Waals surface area contributed by atoms with E-state index in [1.807, 2.05) is 13.0 Å². The van der Waals surface area contributed by atoms with Gasteiger partial charge in [-0.25, -0.2) is 8.78 Å². The average Bonchev–Trinajstić information content (AvgIpc) is 2.38. The molecule has 2 rings (SSSR count). The topological polar surface area (TPSA) is 9.23 Å². The standard InChI is InChI=1S/C15H13BrF2O/c1-9-3-5-11(13(18)7-9)15(16)12-8-10(17)4-6-14(12)19-2/h3-8,15H,1-2H3. The number of rotatable bonds is 3. The molecule has 0 aliphatic carbocycles. The van der Waals surface area contributed by atoms with E-state index in [9.17, 15) is 8.78 Å². The van der Waals surface area contributed by atoms with Crippen molar-refractivity contribution in [3.63, 3.8) is 0 Å². The zero-order valence-corrected chi connectivity index (χ0v) is 12.2. The smallest absolute Gasteiger partial charge is 0.128 e. The van der Waals surface area contributed by atoms with Gasteiger partial charge in [-0.3, -0.25) is 0 Å². The molecular formula is C15H13BrF2O. The molecule has 0 bridgehead atoms. The first kappa shape index (κ1) is 14.0.